The number of benzene rings is 1. The van der Waals surface area contributed by atoms with Gasteiger partial charge in [0.2, 0.25) is 0 Å². The third-order valence-corrected chi connectivity index (χ3v) is 3.00. The van der Waals surface area contributed by atoms with E-state index in [-0.39, 0.29) is 0 Å². The van der Waals surface area contributed by atoms with Crippen LogP contribution in [-0.4, -0.2) is 17.4 Å². The van der Waals surface area contributed by atoms with E-state index in [0.29, 0.717) is 5.75 Å². The Balaban J connectivity index is 2.36. The zero-order valence-corrected chi connectivity index (χ0v) is 7.53. The monoisotopic (exact) mass is 181 g/mol. The van der Waals surface area contributed by atoms with Crippen molar-refractivity contribution in [3.8, 4) is 5.75 Å². The van der Waals surface area contributed by atoms with Gasteiger partial charge in [-0.05, 0) is 30.4 Å². The van der Waals surface area contributed by atoms with E-state index in [9.17, 15) is 5.11 Å². The summed E-state index contributed by atoms with van der Waals surface area (Å²) in [5, 5.41) is 12.6. The Kier molecular flexibility index (Phi) is 2.13. The Morgan fingerprint density at radius 1 is 1.42 bits per heavy atom. The normalized spacial score (nSPS) is 16.0. The Hall–Kier alpha value is -0.830. The Bertz CT molecular complexity index is 288. The Morgan fingerprint density at radius 2 is 2.33 bits per heavy atom. The van der Waals surface area contributed by atoms with Gasteiger partial charge in [0.15, 0.2) is 0 Å². The molecule has 2 nitrogen and oxygen atoms in total. The van der Waals surface area contributed by atoms with Crippen molar-refractivity contribution < 1.29 is 5.11 Å². The van der Waals surface area contributed by atoms with Crippen molar-refractivity contribution in [1.82, 2.24) is 0 Å². The van der Waals surface area contributed by atoms with E-state index < -0.39 is 0 Å². The summed E-state index contributed by atoms with van der Waals surface area (Å²) in [5.41, 5.74) is 1.15. The van der Waals surface area contributed by atoms with E-state index in [4.69, 9.17) is 0 Å². The van der Waals surface area contributed by atoms with E-state index >= 15 is 0 Å². The van der Waals surface area contributed by atoms with Gasteiger partial charge in [0.25, 0.3) is 0 Å². The topological polar surface area (TPSA) is 32.3 Å². The molecule has 2 rings (SSSR count). The molecule has 0 aromatic heterocycles. The molecule has 0 saturated heterocycles. The van der Waals surface area contributed by atoms with Crippen LogP contribution in [0.1, 0.15) is 6.42 Å². The predicted octanol–water partition coefficient (Wildman–Crippen LogP) is 2.30. The molecule has 0 saturated carbocycles. The smallest absolute Gasteiger partial charge is 0.116 e. The van der Waals surface area contributed by atoms with Crippen LogP contribution in [0.5, 0.6) is 5.75 Å². The second-order valence-electron chi connectivity index (χ2n) is 2.81. The summed E-state index contributed by atoms with van der Waals surface area (Å²) in [6, 6.07) is 5.47. The number of anilines is 1. The average molecular weight is 181 g/mol. The van der Waals surface area contributed by atoms with Crippen LogP contribution in [0.3, 0.4) is 0 Å². The van der Waals surface area contributed by atoms with E-state index in [2.05, 4.69) is 5.32 Å². The number of phenolic OH excluding ortho intramolecular Hbond substituents is 1. The van der Waals surface area contributed by atoms with Crippen LogP contribution in [0.25, 0.3) is 0 Å². The number of hydrogen-bond donors (Lipinski definition) is 2. The van der Waals surface area contributed by atoms with Crippen molar-refractivity contribution in [2.45, 2.75) is 11.3 Å². The van der Waals surface area contributed by atoms with Gasteiger partial charge >= 0.3 is 0 Å². The van der Waals surface area contributed by atoms with Gasteiger partial charge in [-0.25, -0.2) is 0 Å². The summed E-state index contributed by atoms with van der Waals surface area (Å²) < 4.78 is 0. The van der Waals surface area contributed by atoms with Crippen LogP contribution in [0.15, 0.2) is 23.1 Å². The van der Waals surface area contributed by atoms with Crippen molar-refractivity contribution in [3.63, 3.8) is 0 Å². The summed E-state index contributed by atoms with van der Waals surface area (Å²) in [4.78, 5) is 1.16. The molecule has 0 spiro atoms. The van der Waals surface area contributed by atoms with Gasteiger partial charge in [-0.15, -0.1) is 11.8 Å². The van der Waals surface area contributed by atoms with Gasteiger partial charge in [0.1, 0.15) is 5.75 Å². The first-order chi connectivity index (χ1) is 5.86. The molecule has 64 valence electrons. The van der Waals surface area contributed by atoms with E-state index in [0.717, 1.165) is 22.9 Å². The summed E-state index contributed by atoms with van der Waals surface area (Å²) in [5.74, 6) is 1.48. The van der Waals surface area contributed by atoms with Crippen molar-refractivity contribution >= 4 is 17.4 Å². The zero-order valence-electron chi connectivity index (χ0n) is 6.71. The van der Waals surface area contributed by atoms with Crippen LogP contribution in [-0.2, 0) is 0 Å². The standard InChI is InChI=1S/C9H11NOS/c11-7-2-3-8-9(6-7)12-5-1-4-10-8/h2-3,6,10-11H,1,4-5H2. The Labute approximate surface area is 76.0 Å². The lowest BCUT2D eigenvalue weighted by Crippen LogP contribution is -1.99. The van der Waals surface area contributed by atoms with Gasteiger partial charge in [-0.1, -0.05) is 0 Å². The highest BCUT2D eigenvalue weighted by Gasteiger charge is 2.07. The fraction of sp³-hybridized carbons (Fsp3) is 0.333. The molecule has 0 fully saturated rings. The molecule has 1 heterocycles. The summed E-state index contributed by atoms with van der Waals surface area (Å²) in [7, 11) is 0. The fourth-order valence-electron chi connectivity index (χ4n) is 1.25. The molecule has 0 bridgehead atoms. The molecule has 1 aromatic rings. The molecule has 0 amide bonds. The van der Waals surface area contributed by atoms with E-state index in [1.54, 1.807) is 17.8 Å². The SMILES string of the molecule is Oc1ccc2c(c1)SCCCN2. The highest BCUT2D eigenvalue weighted by molar-refractivity contribution is 7.99. The number of fused-ring (bicyclic) bond motifs is 1. The molecule has 0 aliphatic carbocycles. The quantitative estimate of drug-likeness (QED) is 0.602. The first-order valence-corrected chi connectivity index (χ1v) is 5.04. The lowest BCUT2D eigenvalue weighted by molar-refractivity contribution is 0.474. The maximum Gasteiger partial charge on any atom is 0.116 e. The minimum Gasteiger partial charge on any atom is -0.508 e. The summed E-state index contributed by atoms with van der Waals surface area (Å²) in [6.07, 6.45) is 1.18. The van der Waals surface area contributed by atoms with Gasteiger partial charge < -0.3 is 10.4 Å². The Morgan fingerprint density at radius 3 is 3.25 bits per heavy atom. The second kappa shape index (κ2) is 3.27. The number of thioether (sulfide) groups is 1. The third-order valence-electron chi connectivity index (χ3n) is 1.86. The van der Waals surface area contributed by atoms with Crippen LogP contribution in [0.2, 0.25) is 0 Å². The van der Waals surface area contributed by atoms with E-state index in [1.165, 1.54) is 6.42 Å². The highest BCUT2D eigenvalue weighted by Crippen LogP contribution is 2.32. The molecule has 2 N–H and O–H groups in total. The molecule has 1 aromatic carbocycles. The molecule has 1 aliphatic rings. The largest absolute Gasteiger partial charge is 0.508 e. The lowest BCUT2D eigenvalue weighted by atomic mass is 10.3. The third kappa shape index (κ3) is 1.50. The molecule has 12 heavy (non-hydrogen) atoms. The highest BCUT2D eigenvalue weighted by atomic mass is 32.2. The first kappa shape index (κ1) is 7.80. The molecule has 3 heteroatoms. The minimum absolute atomic E-state index is 0.352. The van der Waals surface area contributed by atoms with Crippen molar-refractivity contribution in [3.05, 3.63) is 18.2 Å². The van der Waals surface area contributed by atoms with Crippen molar-refractivity contribution in [2.24, 2.45) is 0 Å². The number of hydrogen-bond acceptors (Lipinski definition) is 3. The number of rotatable bonds is 0. The van der Waals surface area contributed by atoms with Crippen molar-refractivity contribution in [1.29, 1.82) is 0 Å². The fourth-order valence-corrected chi connectivity index (χ4v) is 2.26. The minimum atomic E-state index is 0.352. The molecule has 0 atom stereocenters. The molecule has 0 radical (unpaired) electrons. The predicted molar refractivity (Wildman–Crippen MR) is 51.9 cm³/mol. The van der Waals surface area contributed by atoms with Gasteiger partial charge in [0.05, 0.1) is 0 Å². The lowest BCUT2D eigenvalue weighted by Gasteiger charge is -2.05. The number of phenols is 1. The van der Waals surface area contributed by atoms with Gasteiger partial charge in [-0.3, -0.25) is 0 Å². The molecular formula is C9H11NOS. The number of nitrogens with one attached hydrogen (secondary N) is 1. The zero-order chi connectivity index (χ0) is 8.39. The molecular weight excluding hydrogens is 170 g/mol. The molecule has 1 aliphatic heterocycles. The van der Waals surface area contributed by atoms with Crippen LogP contribution >= 0.6 is 11.8 Å². The van der Waals surface area contributed by atoms with Crippen molar-refractivity contribution in [2.75, 3.05) is 17.6 Å². The second-order valence-corrected chi connectivity index (χ2v) is 3.95. The van der Waals surface area contributed by atoms with E-state index in [1.807, 2.05) is 12.1 Å². The summed E-state index contributed by atoms with van der Waals surface area (Å²) in [6.45, 7) is 1.03. The van der Waals surface area contributed by atoms with Crippen LogP contribution in [0, 0.1) is 0 Å². The number of aromatic hydroxyl groups is 1. The summed E-state index contributed by atoms with van der Waals surface area (Å²) >= 11 is 1.80. The maximum atomic E-state index is 9.24. The van der Waals surface area contributed by atoms with Gasteiger partial charge in [0, 0.05) is 17.1 Å². The average Bonchev–Trinajstić information content (AvgIpc) is 2.28. The van der Waals surface area contributed by atoms with Crippen LogP contribution < -0.4 is 5.32 Å². The first-order valence-electron chi connectivity index (χ1n) is 4.06. The van der Waals surface area contributed by atoms with Gasteiger partial charge in [-0.2, -0.15) is 0 Å². The maximum absolute atomic E-state index is 9.24. The van der Waals surface area contributed by atoms with Crippen LogP contribution in [0.4, 0.5) is 5.69 Å². The molecule has 0 unspecified atom stereocenters.